The lowest BCUT2D eigenvalue weighted by Crippen LogP contribution is -2.42. The van der Waals surface area contributed by atoms with Crippen LogP contribution in [-0.2, 0) is 0 Å². The van der Waals surface area contributed by atoms with Crippen LogP contribution >= 0.6 is 15.9 Å². The van der Waals surface area contributed by atoms with Crippen molar-refractivity contribution in [2.75, 3.05) is 17.2 Å². The van der Waals surface area contributed by atoms with Gasteiger partial charge in [0.25, 0.3) is 0 Å². The molecule has 4 nitrogen and oxygen atoms in total. The summed E-state index contributed by atoms with van der Waals surface area (Å²) in [5.41, 5.74) is 5.62. The second kappa shape index (κ2) is 4.82. The van der Waals surface area contributed by atoms with E-state index in [0.717, 1.165) is 0 Å². The van der Waals surface area contributed by atoms with E-state index in [9.17, 15) is 0 Å². The maximum Gasteiger partial charge on any atom is 0.229 e. The molecule has 0 atom stereocenters. The normalized spacial score (nSPS) is 11.2. The van der Waals surface area contributed by atoms with Crippen molar-refractivity contribution in [3.05, 3.63) is 23.3 Å². The summed E-state index contributed by atoms with van der Waals surface area (Å²) in [5, 5.41) is 0. The van der Waals surface area contributed by atoms with Gasteiger partial charge in [-0.2, -0.15) is 4.98 Å². The predicted molar refractivity (Wildman–Crippen MR) is 71.4 cm³/mol. The Morgan fingerprint density at radius 1 is 1.50 bits per heavy atom. The van der Waals surface area contributed by atoms with Crippen molar-refractivity contribution in [3.8, 4) is 0 Å². The number of nitrogen functional groups attached to an aromatic ring is 1. The van der Waals surface area contributed by atoms with E-state index in [0.29, 0.717) is 22.9 Å². The standard InChI is InChI=1S/C11H17BrN4/c1-5-6-16(11(2,3)4)10-14-8(12)7-9(13)15-10/h5,7H,1,6H2,2-4H3,(H2,13,14,15). The van der Waals surface area contributed by atoms with E-state index < -0.39 is 0 Å². The molecule has 0 aromatic carbocycles. The molecule has 0 aliphatic carbocycles. The Bertz CT molecular complexity index is 364. The number of aromatic nitrogens is 2. The van der Waals surface area contributed by atoms with Crippen LogP contribution in [0.15, 0.2) is 23.3 Å². The van der Waals surface area contributed by atoms with Crippen molar-refractivity contribution in [2.45, 2.75) is 26.3 Å². The van der Waals surface area contributed by atoms with E-state index in [1.807, 2.05) is 11.0 Å². The average molecular weight is 285 g/mol. The fourth-order valence-corrected chi connectivity index (χ4v) is 1.72. The lowest BCUT2D eigenvalue weighted by Gasteiger charge is -2.34. The Hall–Kier alpha value is -1.10. The third kappa shape index (κ3) is 3.20. The fraction of sp³-hybridized carbons (Fsp3) is 0.455. The number of hydrogen-bond acceptors (Lipinski definition) is 4. The third-order valence-electron chi connectivity index (χ3n) is 2.07. The molecule has 0 unspecified atom stereocenters. The summed E-state index contributed by atoms with van der Waals surface area (Å²) in [6.07, 6.45) is 1.83. The van der Waals surface area contributed by atoms with Gasteiger partial charge in [-0.25, -0.2) is 4.98 Å². The molecule has 0 saturated heterocycles. The highest BCUT2D eigenvalue weighted by molar-refractivity contribution is 9.10. The zero-order valence-electron chi connectivity index (χ0n) is 9.87. The van der Waals surface area contributed by atoms with Crippen LogP contribution in [0.25, 0.3) is 0 Å². The highest BCUT2D eigenvalue weighted by Crippen LogP contribution is 2.22. The largest absolute Gasteiger partial charge is 0.383 e. The van der Waals surface area contributed by atoms with Crippen molar-refractivity contribution in [1.29, 1.82) is 0 Å². The zero-order chi connectivity index (χ0) is 12.3. The van der Waals surface area contributed by atoms with E-state index in [1.54, 1.807) is 6.07 Å². The first kappa shape index (κ1) is 13.0. The minimum atomic E-state index is -0.0819. The Kier molecular flexibility index (Phi) is 3.91. The smallest absolute Gasteiger partial charge is 0.229 e. The molecule has 0 spiro atoms. The van der Waals surface area contributed by atoms with Crippen LogP contribution < -0.4 is 10.6 Å². The number of nitrogens with zero attached hydrogens (tertiary/aromatic N) is 3. The van der Waals surface area contributed by atoms with Gasteiger partial charge in [-0.05, 0) is 36.7 Å². The van der Waals surface area contributed by atoms with Gasteiger partial charge in [0.05, 0.1) is 0 Å². The van der Waals surface area contributed by atoms with Gasteiger partial charge >= 0.3 is 0 Å². The van der Waals surface area contributed by atoms with Crippen LogP contribution in [0, 0.1) is 0 Å². The summed E-state index contributed by atoms with van der Waals surface area (Å²) in [6.45, 7) is 10.7. The van der Waals surface area contributed by atoms with Crippen molar-refractivity contribution >= 4 is 27.7 Å². The molecule has 1 aromatic rings. The van der Waals surface area contributed by atoms with Gasteiger partial charge in [0, 0.05) is 18.2 Å². The molecular weight excluding hydrogens is 268 g/mol. The van der Waals surface area contributed by atoms with Crippen LogP contribution in [0.4, 0.5) is 11.8 Å². The molecule has 1 aromatic heterocycles. The molecule has 0 bridgehead atoms. The molecule has 88 valence electrons. The van der Waals surface area contributed by atoms with Gasteiger partial charge in [0.2, 0.25) is 5.95 Å². The zero-order valence-corrected chi connectivity index (χ0v) is 11.5. The summed E-state index contributed by atoms with van der Waals surface area (Å²) in [4.78, 5) is 10.6. The first-order valence-electron chi connectivity index (χ1n) is 5.03. The summed E-state index contributed by atoms with van der Waals surface area (Å²) in [5.74, 6) is 1.06. The second-order valence-corrected chi connectivity index (χ2v) is 5.30. The summed E-state index contributed by atoms with van der Waals surface area (Å²) >= 11 is 3.32. The van der Waals surface area contributed by atoms with Crippen molar-refractivity contribution in [3.63, 3.8) is 0 Å². The molecule has 0 aliphatic rings. The van der Waals surface area contributed by atoms with E-state index in [-0.39, 0.29) is 5.54 Å². The maximum atomic E-state index is 5.70. The highest BCUT2D eigenvalue weighted by atomic mass is 79.9. The SMILES string of the molecule is C=CCN(c1nc(N)cc(Br)n1)C(C)(C)C. The van der Waals surface area contributed by atoms with Crippen molar-refractivity contribution < 1.29 is 0 Å². The topological polar surface area (TPSA) is 55.0 Å². The first-order valence-corrected chi connectivity index (χ1v) is 5.82. The Morgan fingerprint density at radius 3 is 2.56 bits per heavy atom. The van der Waals surface area contributed by atoms with Crippen LogP contribution in [-0.4, -0.2) is 22.1 Å². The Labute approximate surface area is 105 Å². The van der Waals surface area contributed by atoms with Gasteiger partial charge in [-0.3, -0.25) is 0 Å². The molecule has 0 radical (unpaired) electrons. The minimum Gasteiger partial charge on any atom is -0.383 e. The van der Waals surface area contributed by atoms with Crippen LogP contribution in [0.3, 0.4) is 0 Å². The Balaban J connectivity index is 3.15. The Morgan fingerprint density at radius 2 is 2.12 bits per heavy atom. The van der Waals surface area contributed by atoms with Crippen LogP contribution in [0.5, 0.6) is 0 Å². The monoisotopic (exact) mass is 284 g/mol. The van der Waals surface area contributed by atoms with Gasteiger partial charge in [-0.15, -0.1) is 6.58 Å². The summed E-state index contributed by atoms with van der Waals surface area (Å²) in [6, 6.07) is 1.68. The fourth-order valence-electron chi connectivity index (χ4n) is 1.33. The van der Waals surface area contributed by atoms with E-state index in [1.165, 1.54) is 0 Å². The molecule has 0 amide bonds. The predicted octanol–water partition coefficient (Wildman–Crippen LogP) is 2.61. The molecule has 0 saturated carbocycles. The molecule has 1 heterocycles. The number of nitrogens with two attached hydrogens (primary N) is 1. The molecule has 0 aliphatic heterocycles. The van der Waals surface area contributed by atoms with Crippen LogP contribution in [0.1, 0.15) is 20.8 Å². The second-order valence-electron chi connectivity index (χ2n) is 4.49. The number of rotatable bonds is 3. The number of anilines is 2. The quantitative estimate of drug-likeness (QED) is 0.685. The van der Waals surface area contributed by atoms with E-state index in [2.05, 4.69) is 53.2 Å². The molecule has 16 heavy (non-hydrogen) atoms. The average Bonchev–Trinajstić information content (AvgIpc) is 2.10. The lowest BCUT2D eigenvalue weighted by atomic mass is 10.1. The van der Waals surface area contributed by atoms with E-state index in [4.69, 9.17) is 5.73 Å². The molecule has 1 rings (SSSR count). The molecule has 5 heteroatoms. The van der Waals surface area contributed by atoms with E-state index >= 15 is 0 Å². The number of hydrogen-bond donors (Lipinski definition) is 1. The third-order valence-corrected chi connectivity index (χ3v) is 2.47. The highest BCUT2D eigenvalue weighted by Gasteiger charge is 2.23. The van der Waals surface area contributed by atoms with Crippen LogP contribution in [0.2, 0.25) is 0 Å². The molecular formula is C11H17BrN4. The van der Waals surface area contributed by atoms with Gasteiger partial charge in [0.15, 0.2) is 0 Å². The maximum absolute atomic E-state index is 5.70. The summed E-state index contributed by atoms with van der Waals surface area (Å²) < 4.78 is 0.688. The van der Waals surface area contributed by atoms with Gasteiger partial charge in [-0.1, -0.05) is 6.08 Å². The minimum absolute atomic E-state index is 0.0819. The number of halogens is 1. The summed E-state index contributed by atoms with van der Waals surface area (Å²) in [7, 11) is 0. The van der Waals surface area contributed by atoms with Gasteiger partial charge in [0.1, 0.15) is 10.4 Å². The van der Waals surface area contributed by atoms with Crippen molar-refractivity contribution in [1.82, 2.24) is 9.97 Å². The van der Waals surface area contributed by atoms with Gasteiger partial charge < -0.3 is 10.6 Å². The first-order chi connectivity index (χ1) is 7.34. The lowest BCUT2D eigenvalue weighted by molar-refractivity contribution is 0.511. The van der Waals surface area contributed by atoms with Crippen molar-refractivity contribution in [2.24, 2.45) is 0 Å². The molecule has 2 N–H and O–H groups in total. The molecule has 0 fully saturated rings.